The van der Waals surface area contributed by atoms with E-state index in [0.717, 1.165) is 28.1 Å². The van der Waals surface area contributed by atoms with Crippen LogP contribution in [0.15, 0.2) is 59.1 Å². The molecule has 0 fully saturated rings. The number of carbonyl (C=O) groups excluding carboxylic acids is 1. The molecule has 4 aromatic rings. The molecule has 4 rings (SSSR count). The highest BCUT2D eigenvalue weighted by molar-refractivity contribution is 5.92. The van der Waals surface area contributed by atoms with Gasteiger partial charge < -0.3 is 14.4 Å². The lowest BCUT2D eigenvalue weighted by molar-refractivity contribution is -0.115. The molecule has 0 atom stereocenters. The molecule has 2 heterocycles. The Bertz CT molecular complexity index is 1080. The lowest BCUT2D eigenvalue weighted by Crippen LogP contribution is -2.14. The summed E-state index contributed by atoms with van der Waals surface area (Å²) in [6.45, 7) is 1.80. The second-order valence-electron chi connectivity index (χ2n) is 6.21. The van der Waals surface area contributed by atoms with E-state index >= 15 is 0 Å². The number of anilines is 1. The van der Waals surface area contributed by atoms with Crippen molar-refractivity contribution in [1.82, 2.24) is 14.7 Å². The molecule has 1 N–H and O–H groups in total. The van der Waals surface area contributed by atoms with Crippen LogP contribution in [-0.2, 0) is 18.3 Å². The average molecular weight is 346 g/mol. The van der Waals surface area contributed by atoms with Crippen LogP contribution < -0.4 is 5.32 Å². The van der Waals surface area contributed by atoms with Gasteiger partial charge in [0.1, 0.15) is 11.6 Å². The lowest BCUT2D eigenvalue weighted by Gasteiger charge is -2.06. The van der Waals surface area contributed by atoms with Gasteiger partial charge in [0.25, 0.3) is 0 Å². The summed E-state index contributed by atoms with van der Waals surface area (Å²) in [4.78, 5) is 16.8. The van der Waals surface area contributed by atoms with Crippen LogP contribution in [-0.4, -0.2) is 20.6 Å². The van der Waals surface area contributed by atoms with Gasteiger partial charge in [-0.25, -0.2) is 4.98 Å². The SMILES string of the molecule is Cc1cc(CC(=O)Nc2ccc(-c3nc4ccccc4n3C)cc2)no1. The van der Waals surface area contributed by atoms with Crippen molar-refractivity contribution < 1.29 is 9.32 Å². The van der Waals surface area contributed by atoms with Crippen LogP contribution in [0.5, 0.6) is 0 Å². The number of para-hydroxylation sites is 2. The Morgan fingerprint density at radius 1 is 1.15 bits per heavy atom. The Labute approximate surface area is 150 Å². The number of aryl methyl sites for hydroxylation is 2. The van der Waals surface area contributed by atoms with Gasteiger partial charge in [0.15, 0.2) is 0 Å². The van der Waals surface area contributed by atoms with Crippen LogP contribution in [0.1, 0.15) is 11.5 Å². The van der Waals surface area contributed by atoms with Gasteiger partial charge in [0, 0.05) is 24.4 Å². The van der Waals surface area contributed by atoms with E-state index in [4.69, 9.17) is 4.52 Å². The number of carbonyl (C=O) groups is 1. The maximum absolute atomic E-state index is 12.1. The first-order valence-electron chi connectivity index (χ1n) is 8.34. The fourth-order valence-corrected chi connectivity index (χ4v) is 2.98. The minimum absolute atomic E-state index is 0.131. The zero-order valence-corrected chi connectivity index (χ0v) is 14.6. The predicted molar refractivity (Wildman–Crippen MR) is 99.7 cm³/mol. The summed E-state index contributed by atoms with van der Waals surface area (Å²) < 4.78 is 7.04. The van der Waals surface area contributed by atoms with Gasteiger partial charge in [-0.15, -0.1) is 0 Å². The number of imidazole rings is 1. The fraction of sp³-hybridized carbons (Fsp3) is 0.150. The third kappa shape index (κ3) is 3.09. The average Bonchev–Trinajstić information content (AvgIpc) is 3.19. The number of amides is 1. The van der Waals surface area contributed by atoms with Crippen molar-refractivity contribution in [3.05, 3.63) is 66.1 Å². The number of nitrogens with one attached hydrogen (secondary N) is 1. The molecule has 0 aliphatic heterocycles. The molecule has 0 unspecified atom stereocenters. The maximum Gasteiger partial charge on any atom is 0.230 e. The minimum Gasteiger partial charge on any atom is -0.361 e. The van der Waals surface area contributed by atoms with Crippen molar-refractivity contribution in [2.24, 2.45) is 7.05 Å². The molecular formula is C20H18N4O2. The van der Waals surface area contributed by atoms with Crippen LogP contribution in [0.3, 0.4) is 0 Å². The van der Waals surface area contributed by atoms with E-state index in [2.05, 4.69) is 20.0 Å². The number of hydrogen-bond donors (Lipinski definition) is 1. The fourth-order valence-electron chi connectivity index (χ4n) is 2.98. The van der Waals surface area contributed by atoms with Crippen molar-refractivity contribution in [3.8, 4) is 11.4 Å². The Morgan fingerprint density at radius 2 is 1.92 bits per heavy atom. The number of fused-ring (bicyclic) bond motifs is 1. The first-order chi connectivity index (χ1) is 12.6. The van der Waals surface area contributed by atoms with Gasteiger partial charge in [-0.3, -0.25) is 4.79 Å². The van der Waals surface area contributed by atoms with E-state index in [0.29, 0.717) is 11.5 Å². The summed E-state index contributed by atoms with van der Waals surface area (Å²) in [5.74, 6) is 1.45. The van der Waals surface area contributed by atoms with Crippen LogP contribution in [0, 0.1) is 6.92 Å². The third-order valence-corrected chi connectivity index (χ3v) is 4.23. The highest BCUT2D eigenvalue weighted by atomic mass is 16.5. The Morgan fingerprint density at radius 3 is 2.62 bits per heavy atom. The number of nitrogens with zero attached hydrogens (tertiary/aromatic N) is 3. The highest BCUT2D eigenvalue weighted by Gasteiger charge is 2.11. The van der Waals surface area contributed by atoms with Gasteiger partial charge in [0.05, 0.1) is 23.1 Å². The standard InChI is InChI=1S/C20H18N4O2/c1-13-11-16(23-26-13)12-19(25)21-15-9-7-14(8-10-15)20-22-17-5-3-4-6-18(17)24(20)2/h3-11H,12H2,1-2H3,(H,21,25). The van der Waals surface area contributed by atoms with Gasteiger partial charge in [-0.05, 0) is 43.3 Å². The highest BCUT2D eigenvalue weighted by Crippen LogP contribution is 2.24. The Kier molecular flexibility index (Phi) is 4.01. The second kappa shape index (κ2) is 6.48. The molecule has 0 radical (unpaired) electrons. The number of benzene rings is 2. The largest absolute Gasteiger partial charge is 0.361 e. The molecule has 2 aromatic heterocycles. The van der Waals surface area contributed by atoms with Crippen molar-refractivity contribution >= 4 is 22.6 Å². The first kappa shape index (κ1) is 16.1. The molecule has 130 valence electrons. The van der Waals surface area contributed by atoms with E-state index in [9.17, 15) is 4.79 Å². The van der Waals surface area contributed by atoms with Crippen LogP contribution in [0.2, 0.25) is 0 Å². The summed E-state index contributed by atoms with van der Waals surface area (Å²) >= 11 is 0. The quantitative estimate of drug-likeness (QED) is 0.611. The van der Waals surface area contributed by atoms with Crippen LogP contribution >= 0.6 is 0 Å². The summed E-state index contributed by atoms with van der Waals surface area (Å²) in [6.07, 6.45) is 0.184. The molecule has 2 aromatic carbocycles. The smallest absolute Gasteiger partial charge is 0.230 e. The van der Waals surface area contributed by atoms with E-state index in [-0.39, 0.29) is 12.3 Å². The van der Waals surface area contributed by atoms with E-state index in [1.54, 1.807) is 13.0 Å². The normalized spacial score (nSPS) is 11.0. The number of rotatable bonds is 4. The Balaban J connectivity index is 1.51. The molecule has 0 spiro atoms. The van der Waals surface area contributed by atoms with Gasteiger partial charge in [-0.2, -0.15) is 0 Å². The van der Waals surface area contributed by atoms with E-state index < -0.39 is 0 Å². The maximum atomic E-state index is 12.1. The monoisotopic (exact) mass is 346 g/mol. The Hall–Kier alpha value is -3.41. The van der Waals surface area contributed by atoms with Gasteiger partial charge in [-0.1, -0.05) is 17.3 Å². The van der Waals surface area contributed by atoms with Crippen LogP contribution in [0.4, 0.5) is 5.69 Å². The molecular weight excluding hydrogens is 328 g/mol. The topological polar surface area (TPSA) is 73.0 Å². The van der Waals surface area contributed by atoms with Crippen molar-refractivity contribution in [3.63, 3.8) is 0 Å². The lowest BCUT2D eigenvalue weighted by atomic mass is 10.2. The van der Waals surface area contributed by atoms with E-state index in [1.807, 2.05) is 55.6 Å². The molecule has 1 amide bonds. The minimum atomic E-state index is -0.131. The van der Waals surface area contributed by atoms with Crippen molar-refractivity contribution in [2.75, 3.05) is 5.32 Å². The third-order valence-electron chi connectivity index (χ3n) is 4.23. The summed E-state index contributed by atoms with van der Waals surface area (Å²) in [7, 11) is 2.00. The first-order valence-corrected chi connectivity index (χ1v) is 8.34. The molecule has 6 nitrogen and oxygen atoms in total. The zero-order valence-electron chi connectivity index (χ0n) is 14.6. The molecule has 26 heavy (non-hydrogen) atoms. The zero-order chi connectivity index (χ0) is 18.1. The molecule has 0 bridgehead atoms. The molecule has 6 heteroatoms. The summed E-state index contributed by atoms with van der Waals surface area (Å²) in [6, 6.07) is 17.5. The summed E-state index contributed by atoms with van der Waals surface area (Å²) in [5.41, 5.74) is 4.40. The number of hydrogen-bond acceptors (Lipinski definition) is 4. The molecule has 0 aliphatic rings. The van der Waals surface area contributed by atoms with Gasteiger partial charge >= 0.3 is 0 Å². The van der Waals surface area contributed by atoms with Gasteiger partial charge in [0.2, 0.25) is 5.91 Å². The molecule has 0 saturated heterocycles. The van der Waals surface area contributed by atoms with Crippen LogP contribution in [0.25, 0.3) is 22.4 Å². The van der Waals surface area contributed by atoms with Crippen molar-refractivity contribution in [1.29, 1.82) is 0 Å². The second-order valence-corrected chi connectivity index (χ2v) is 6.21. The van der Waals surface area contributed by atoms with E-state index in [1.165, 1.54) is 0 Å². The number of aromatic nitrogens is 3. The molecule has 0 saturated carbocycles. The summed E-state index contributed by atoms with van der Waals surface area (Å²) in [5, 5.41) is 6.71. The predicted octanol–water partition coefficient (Wildman–Crippen LogP) is 3.72. The molecule has 0 aliphatic carbocycles. The van der Waals surface area contributed by atoms with Crippen molar-refractivity contribution in [2.45, 2.75) is 13.3 Å².